The van der Waals surface area contributed by atoms with E-state index in [4.69, 9.17) is 0 Å². The predicted molar refractivity (Wildman–Crippen MR) is 101 cm³/mol. The summed E-state index contributed by atoms with van der Waals surface area (Å²) in [7, 11) is 0. The first-order valence-electron chi connectivity index (χ1n) is 10.8. The minimum Gasteiger partial charge on any atom is -0.368 e. The molecule has 0 spiro atoms. The lowest BCUT2D eigenvalue weighted by Gasteiger charge is -2.43. The van der Waals surface area contributed by atoms with Gasteiger partial charge in [-0.3, -0.25) is 4.79 Å². The van der Waals surface area contributed by atoms with Crippen LogP contribution in [-0.2, 0) is 11.0 Å². The Hall–Kier alpha value is -2.91. The van der Waals surface area contributed by atoms with Gasteiger partial charge in [0.25, 0.3) is 5.91 Å². The molecule has 0 unspecified atom stereocenters. The smallest absolute Gasteiger partial charge is 0.368 e. The van der Waals surface area contributed by atoms with Gasteiger partial charge < -0.3 is 9.80 Å². The SMILES string of the molecule is O=C(N1CCN(c2cccc(C(F)(F)F)c2)CC1)C(F)(F)C(F)(F)C(F)(F)C(F)(F)C(F)(F)C(F)(F)C(F)(F)C(F)(F)F. The lowest BCUT2D eigenvalue weighted by Crippen LogP contribution is -2.75. The summed E-state index contributed by atoms with van der Waals surface area (Å²) in [4.78, 5) is 12.4. The topological polar surface area (TPSA) is 23.6 Å². The highest BCUT2D eigenvalue weighted by Crippen LogP contribution is 2.64. The molecule has 0 N–H and O–H groups in total. The molecule has 0 bridgehead atoms. The first-order valence-corrected chi connectivity index (χ1v) is 10.8. The first kappa shape index (κ1) is 36.3. The maximum Gasteiger partial charge on any atom is 0.460 e. The molecule has 1 aliphatic rings. The molecule has 0 aromatic heterocycles. The number of rotatable bonds is 8. The van der Waals surface area contributed by atoms with E-state index in [1.807, 2.05) is 0 Å². The van der Waals surface area contributed by atoms with Gasteiger partial charge >= 0.3 is 53.8 Å². The van der Waals surface area contributed by atoms with E-state index < -0.39 is 96.4 Å². The Bertz CT molecular complexity index is 1180. The number of carbonyl (C=O) groups excluding carboxylic acids is 1. The molecular formula is C20H12F20N2O. The van der Waals surface area contributed by atoms with Gasteiger partial charge in [-0.1, -0.05) is 6.07 Å². The fourth-order valence-electron chi connectivity index (χ4n) is 3.54. The van der Waals surface area contributed by atoms with Gasteiger partial charge in [-0.15, -0.1) is 0 Å². The van der Waals surface area contributed by atoms with Gasteiger partial charge in [-0.2, -0.15) is 87.8 Å². The van der Waals surface area contributed by atoms with E-state index in [1.165, 1.54) is 0 Å². The molecule has 2 rings (SSSR count). The highest BCUT2D eigenvalue weighted by molar-refractivity contribution is 5.85. The fraction of sp³-hybridized carbons (Fsp3) is 0.650. The molecule has 0 aliphatic carbocycles. The molecule has 1 aliphatic heterocycles. The number of amides is 1. The van der Waals surface area contributed by atoms with Gasteiger partial charge in [0.05, 0.1) is 5.56 Å². The normalized spacial score (nSPS) is 17.4. The second kappa shape index (κ2) is 10.3. The molecule has 0 saturated carbocycles. The van der Waals surface area contributed by atoms with Crippen molar-refractivity contribution in [2.75, 3.05) is 31.1 Å². The van der Waals surface area contributed by atoms with Gasteiger partial charge in [-0.25, -0.2) is 0 Å². The third-order valence-corrected chi connectivity index (χ3v) is 6.10. The molecule has 3 nitrogen and oxygen atoms in total. The Morgan fingerprint density at radius 1 is 0.535 bits per heavy atom. The van der Waals surface area contributed by atoms with Gasteiger partial charge in [0.2, 0.25) is 0 Å². The van der Waals surface area contributed by atoms with Crippen molar-refractivity contribution in [3.05, 3.63) is 29.8 Å². The van der Waals surface area contributed by atoms with Crippen molar-refractivity contribution in [1.29, 1.82) is 0 Å². The Morgan fingerprint density at radius 2 is 0.930 bits per heavy atom. The van der Waals surface area contributed by atoms with E-state index in [9.17, 15) is 92.6 Å². The highest BCUT2D eigenvalue weighted by atomic mass is 19.4. The van der Waals surface area contributed by atoms with Crippen LogP contribution in [0.5, 0.6) is 0 Å². The molecule has 1 aromatic rings. The average molecular weight is 676 g/mol. The van der Waals surface area contributed by atoms with Gasteiger partial charge in [0.15, 0.2) is 0 Å². The number of nitrogens with zero attached hydrogens (tertiary/aromatic N) is 2. The summed E-state index contributed by atoms with van der Waals surface area (Å²) in [5.41, 5.74) is -1.54. The molecule has 1 fully saturated rings. The number of hydrogen-bond donors (Lipinski definition) is 0. The number of halogens is 20. The van der Waals surface area contributed by atoms with Gasteiger partial charge in [0.1, 0.15) is 0 Å². The number of carbonyl (C=O) groups is 1. The molecule has 248 valence electrons. The zero-order valence-electron chi connectivity index (χ0n) is 20.0. The van der Waals surface area contributed by atoms with Gasteiger partial charge in [0, 0.05) is 31.9 Å². The van der Waals surface area contributed by atoms with Crippen LogP contribution in [0.2, 0.25) is 0 Å². The first-order chi connectivity index (χ1) is 18.8. The number of piperazine rings is 1. The third kappa shape index (κ3) is 5.37. The summed E-state index contributed by atoms with van der Waals surface area (Å²) in [6.45, 7) is -4.15. The Morgan fingerprint density at radius 3 is 1.33 bits per heavy atom. The monoisotopic (exact) mass is 676 g/mol. The van der Waals surface area contributed by atoms with Crippen molar-refractivity contribution in [3.63, 3.8) is 0 Å². The molecule has 1 amide bonds. The van der Waals surface area contributed by atoms with Gasteiger partial charge in [-0.05, 0) is 18.2 Å². The number of benzene rings is 1. The van der Waals surface area contributed by atoms with E-state index in [2.05, 4.69) is 0 Å². The lowest BCUT2D eigenvalue weighted by atomic mass is 9.88. The van der Waals surface area contributed by atoms with Crippen LogP contribution < -0.4 is 4.90 Å². The second-order valence-electron chi connectivity index (χ2n) is 8.85. The van der Waals surface area contributed by atoms with Crippen LogP contribution in [0.4, 0.5) is 93.5 Å². The molecule has 1 saturated heterocycles. The minimum absolute atomic E-state index is 0.302. The van der Waals surface area contributed by atoms with Crippen molar-refractivity contribution in [2.45, 2.75) is 53.8 Å². The van der Waals surface area contributed by atoms with Crippen LogP contribution >= 0.6 is 0 Å². The minimum atomic E-state index is -8.82. The zero-order valence-corrected chi connectivity index (χ0v) is 20.0. The molecule has 0 radical (unpaired) electrons. The lowest BCUT2D eigenvalue weighted by molar-refractivity contribution is -0.459. The quantitative estimate of drug-likeness (QED) is 0.269. The van der Waals surface area contributed by atoms with Crippen LogP contribution in [0.25, 0.3) is 0 Å². The Kier molecular flexibility index (Phi) is 8.72. The van der Waals surface area contributed by atoms with Crippen LogP contribution in [0.1, 0.15) is 5.56 Å². The number of hydrogen-bond acceptors (Lipinski definition) is 2. The van der Waals surface area contributed by atoms with Crippen LogP contribution in [-0.4, -0.2) is 84.6 Å². The van der Waals surface area contributed by atoms with E-state index in [1.54, 1.807) is 0 Å². The van der Waals surface area contributed by atoms with Crippen LogP contribution in [0.3, 0.4) is 0 Å². The van der Waals surface area contributed by atoms with Crippen molar-refractivity contribution in [3.8, 4) is 0 Å². The summed E-state index contributed by atoms with van der Waals surface area (Å²) in [5, 5.41) is 0. The summed E-state index contributed by atoms with van der Waals surface area (Å²) in [6, 6.07) is 2.96. The molecule has 1 heterocycles. The molecular weight excluding hydrogens is 664 g/mol. The average Bonchev–Trinajstić information content (AvgIpc) is 2.86. The fourth-order valence-corrected chi connectivity index (χ4v) is 3.54. The Balaban J connectivity index is 2.38. The predicted octanol–water partition coefficient (Wildman–Crippen LogP) is 7.36. The molecule has 43 heavy (non-hydrogen) atoms. The second-order valence-corrected chi connectivity index (χ2v) is 8.85. The van der Waals surface area contributed by atoms with Crippen LogP contribution in [0, 0.1) is 0 Å². The van der Waals surface area contributed by atoms with Crippen molar-refractivity contribution < 1.29 is 92.6 Å². The van der Waals surface area contributed by atoms with E-state index in [0.717, 1.165) is 17.0 Å². The summed E-state index contributed by atoms with van der Waals surface area (Å²) in [5.74, 6) is -62.2. The summed E-state index contributed by atoms with van der Waals surface area (Å²) >= 11 is 0. The maximum atomic E-state index is 14.3. The van der Waals surface area contributed by atoms with Crippen LogP contribution in [0.15, 0.2) is 24.3 Å². The van der Waals surface area contributed by atoms with Crippen molar-refractivity contribution in [1.82, 2.24) is 4.90 Å². The number of anilines is 1. The molecule has 1 aromatic carbocycles. The zero-order chi connectivity index (χ0) is 34.0. The maximum absolute atomic E-state index is 14.3. The van der Waals surface area contributed by atoms with Crippen molar-refractivity contribution >= 4 is 11.6 Å². The van der Waals surface area contributed by atoms with E-state index >= 15 is 0 Å². The van der Waals surface area contributed by atoms with E-state index in [0.29, 0.717) is 12.1 Å². The highest BCUT2D eigenvalue weighted by Gasteiger charge is 2.95. The third-order valence-electron chi connectivity index (χ3n) is 6.10. The molecule has 23 heteroatoms. The summed E-state index contributed by atoms with van der Waals surface area (Å²) in [6.07, 6.45) is -12.8. The van der Waals surface area contributed by atoms with Crippen molar-refractivity contribution in [2.24, 2.45) is 0 Å². The summed E-state index contributed by atoms with van der Waals surface area (Å²) < 4.78 is 267. The molecule has 0 atom stereocenters. The standard InChI is InChI=1S/C20H12F20N2O/c21-12(22,11(43)42-6-4-41(5-7-42)10-3-1-2-9(8-10)13(23,24)25)14(26,27)15(28,29)16(30,31)17(32,33)18(34,35)19(36,37)20(38,39)40/h1-3,8H,4-7H2. The largest absolute Gasteiger partial charge is 0.460 e. The van der Waals surface area contributed by atoms with E-state index in [-0.39, 0.29) is 5.69 Å². The number of alkyl halides is 20. The Labute approximate surface area is 225 Å².